The fourth-order valence-electron chi connectivity index (χ4n) is 4.48. The standard InChI is InChI=1S/C21H16ClNO3/c22-16-11-14(8-9-17(16)26-15-4-2-1-3-5-15)23-20(24)18-12-6-7-13(10-12)19(18)21(23)25/h1-9,11-13,18-19H,10H2/t12-,13-,18+,19+/m0/s1. The number of ether oxygens (including phenoxy) is 1. The molecule has 1 saturated carbocycles. The van der Waals surface area contributed by atoms with Crippen molar-refractivity contribution >= 4 is 29.1 Å². The van der Waals surface area contributed by atoms with Crippen LogP contribution in [0.2, 0.25) is 5.02 Å². The molecule has 4 nitrogen and oxygen atoms in total. The summed E-state index contributed by atoms with van der Waals surface area (Å²) in [6.07, 6.45) is 5.10. The van der Waals surface area contributed by atoms with Gasteiger partial charge in [-0.15, -0.1) is 0 Å². The van der Waals surface area contributed by atoms with Gasteiger partial charge in [-0.2, -0.15) is 0 Å². The fourth-order valence-corrected chi connectivity index (χ4v) is 4.70. The van der Waals surface area contributed by atoms with Crippen LogP contribution < -0.4 is 9.64 Å². The molecule has 0 spiro atoms. The first-order chi connectivity index (χ1) is 12.6. The molecule has 1 heterocycles. The normalized spacial score (nSPS) is 28.7. The van der Waals surface area contributed by atoms with Crippen molar-refractivity contribution in [3.63, 3.8) is 0 Å². The molecule has 0 aromatic heterocycles. The average Bonchev–Trinajstić information content (AvgIpc) is 3.32. The Hall–Kier alpha value is -2.59. The topological polar surface area (TPSA) is 46.6 Å². The second-order valence-corrected chi connectivity index (χ2v) is 7.45. The van der Waals surface area contributed by atoms with Gasteiger partial charge in [-0.05, 0) is 48.6 Å². The van der Waals surface area contributed by atoms with Crippen molar-refractivity contribution in [2.45, 2.75) is 6.42 Å². The minimum atomic E-state index is -0.212. The van der Waals surface area contributed by atoms with Gasteiger partial charge in [0.15, 0.2) is 0 Å². The Morgan fingerprint density at radius 3 is 2.19 bits per heavy atom. The van der Waals surface area contributed by atoms with E-state index >= 15 is 0 Å². The van der Waals surface area contributed by atoms with E-state index in [1.165, 1.54) is 4.90 Å². The van der Waals surface area contributed by atoms with Gasteiger partial charge < -0.3 is 4.74 Å². The van der Waals surface area contributed by atoms with Gasteiger partial charge in [0.05, 0.1) is 22.5 Å². The SMILES string of the molecule is O=C1[C@H]2[C@H](C(=O)N1c1ccc(Oc3ccccc3)c(Cl)c1)[C@H]1C=C[C@H]2C1. The van der Waals surface area contributed by atoms with Gasteiger partial charge in [-0.3, -0.25) is 9.59 Å². The van der Waals surface area contributed by atoms with Crippen LogP contribution in [0, 0.1) is 23.7 Å². The first-order valence-electron chi connectivity index (χ1n) is 8.72. The Labute approximate surface area is 156 Å². The highest BCUT2D eigenvalue weighted by Crippen LogP contribution is 2.53. The number of nitrogens with zero attached hydrogens (tertiary/aromatic N) is 1. The number of carbonyl (C=O) groups excluding carboxylic acids is 2. The van der Waals surface area contributed by atoms with E-state index in [4.69, 9.17) is 16.3 Å². The molecule has 1 aliphatic heterocycles. The Balaban J connectivity index is 1.44. The first kappa shape index (κ1) is 15.6. The molecule has 130 valence electrons. The number of carbonyl (C=O) groups is 2. The molecule has 5 heteroatoms. The molecule has 2 aromatic carbocycles. The summed E-state index contributed by atoms with van der Waals surface area (Å²) in [4.78, 5) is 27.0. The van der Waals surface area contributed by atoms with Crippen LogP contribution in [0.15, 0.2) is 60.7 Å². The van der Waals surface area contributed by atoms with E-state index < -0.39 is 0 Å². The van der Waals surface area contributed by atoms with Crippen LogP contribution in [-0.4, -0.2) is 11.8 Å². The summed E-state index contributed by atoms with van der Waals surface area (Å²) in [6.45, 7) is 0. The molecule has 3 aliphatic rings. The lowest BCUT2D eigenvalue weighted by atomic mass is 9.85. The highest BCUT2D eigenvalue weighted by Gasteiger charge is 2.59. The molecule has 0 N–H and O–H groups in total. The molecule has 2 fully saturated rings. The minimum Gasteiger partial charge on any atom is -0.456 e. The van der Waals surface area contributed by atoms with Crippen molar-refractivity contribution in [1.82, 2.24) is 0 Å². The Morgan fingerprint density at radius 1 is 0.923 bits per heavy atom. The molecule has 5 rings (SSSR count). The molecule has 2 aliphatic carbocycles. The van der Waals surface area contributed by atoms with Crippen LogP contribution in [0.5, 0.6) is 11.5 Å². The molecule has 0 unspecified atom stereocenters. The van der Waals surface area contributed by atoms with E-state index in [1.807, 2.05) is 30.3 Å². The van der Waals surface area contributed by atoms with E-state index in [1.54, 1.807) is 18.2 Å². The number of imide groups is 1. The maximum absolute atomic E-state index is 12.9. The highest BCUT2D eigenvalue weighted by atomic mass is 35.5. The molecule has 0 radical (unpaired) electrons. The van der Waals surface area contributed by atoms with Crippen molar-refractivity contribution in [3.8, 4) is 11.5 Å². The van der Waals surface area contributed by atoms with Crippen molar-refractivity contribution in [1.29, 1.82) is 0 Å². The van der Waals surface area contributed by atoms with Crippen LogP contribution in [-0.2, 0) is 9.59 Å². The number of amides is 2. The van der Waals surface area contributed by atoms with E-state index in [0.717, 1.165) is 6.42 Å². The van der Waals surface area contributed by atoms with Gasteiger partial charge in [0, 0.05) is 0 Å². The number of hydrogen-bond acceptors (Lipinski definition) is 3. The van der Waals surface area contributed by atoms with Crippen LogP contribution in [0.3, 0.4) is 0 Å². The third-order valence-electron chi connectivity index (χ3n) is 5.62. The first-order valence-corrected chi connectivity index (χ1v) is 9.10. The summed E-state index contributed by atoms with van der Waals surface area (Å²) in [5.41, 5.74) is 0.513. The van der Waals surface area contributed by atoms with Gasteiger partial charge >= 0.3 is 0 Å². The van der Waals surface area contributed by atoms with E-state index in [9.17, 15) is 9.59 Å². The largest absolute Gasteiger partial charge is 0.456 e. The second kappa shape index (κ2) is 5.71. The summed E-state index contributed by atoms with van der Waals surface area (Å²) in [5, 5.41) is 0.366. The lowest BCUT2D eigenvalue weighted by molar-refractivity contribution is -0.123. The Kier molecular flexibility index (Phi) is 3.44. The fraction of sp³-hybridized carbons (Fsp3) is 0.238. The zero-order valence-electron chi connectivity index (χ0n) is 13.8. The number of fused-ring (bicyclic) bond motifs is 5. The number of rotatable bonds is 3. The second-order valence-electron chi connectivity index (χ2n) is 7.04. The van der Waals surface area contributed by atoms with Crippen LogP contribution in [0.25, 0.3) is 0 Å². The quantitative estimate of drug-likeness (QED) is 0.596. The summed E-state index contributed by atoms with van der Waals surface area (Å²) >= 11 is 6.36. The molecule has 4 atom stereocenters. The summed E-state index contributed by atoms with van der Waals surface area (Å²) in [6, 6.07) is 14.4. The van der Waals surface area contributed by atoms with Crippen LogP contribution in [0.1, 0.15) is 6.42 Å². The number of anilines is 1. The van der Waals surface area contributed by atoms with E-state index in [0.29, 0.717) is 22.2 Å². The van der Waals surface area contributed by atoms with Crippen molar-refractivity contribution in [3.05, 3.63) is 65.7 Å². The Bertz CT molecular complexity index is 910. The monoisotopic (exact) mass is 365 g/mol. The smallest absolute Gasteiger partial charge is 0.238 e. The average molecular weight is 366 g/mol. The third-order valence-corrected chi connectivity index (χ3v) is 5.91. The van der Waals surface area contributed by atoms with E-state index in [-0.39, 0.29) is 35.5 Å². The number of hydrogen-bond donors (Lipinski definition) is 0. The van der Waals surface area contributed by atoms with Gasteiger partial charge in [0.25, 0.3) is 0 Å². The molecule has 2 aromatic rings. The highest BCUT2D eigenvalue weighted by molar-refractivity contribution is 6.33. The van der Waals surface area contributed by atoms with E-state index in [2.05, 4.69) is 12.2 Å². The number of benzene rings is 2. The maximum atomic E-state index is 12.9. The van der Waals surface area contributed by atoms with Gasteiger partial charge in [0.1, 0.15) is 11.5 Å². The molecule has 2 amide bonds. The molecule has 2 bridgehead atoms. The molecule has 26 heavy (non-hydrogen) atoms. The van der Waals surface area contributed by atoms with Gasteiger partial charge in [-0.25, -0.2) is 4.90 Å². The molecule has 1 saturated heterocycles. The lowest BCUT2D eigenvalue weighted by Gasteiger charge is -2.18. The summed E-state index contributed by atoms with van der Waals surface area (Å²) in [7, 11) is 0. The van der Waals surface area contributed by atoms with Crippen molar-refractivity contribution in [2.75, 3.05) is 4.90 Å². The van der Waals surface area contributed by atoms with Crippen LogP contribution in [0.4, 0.5) is 5.69 Å². The predicted molar refractivity (Wildman–Crippen MR) is 98.2 cm³/mol. The predicted octanol–water partition coefficient (Wildman–Crippen LogP) is 4.44. The minimum absolute atomic E-state index is 0.107. The summed E-state index contributed by atoms with van der Waals surface area (Å²) in [5.74, 6) is 0.919. The summed E-state index contributed by atoms with van der Waals surface area (Å²) < 4.78 is 5.77. The number of halogens is 1. The van der Waals surface area contributed by atoms with Gasteiger partial charge in [0.2, 0.25) is 11.8 Å². The lowest BCUT2D eigenvalue weighted by Crippen LogP contribution is -2.32. The van der Waals surface area contributed by atoms with Crippen molar-refractivity contribution in [2.24, 2.45) is 23.7 Å². The number of allylic oxidation sites excluding steroid dienone is 2. The molecular weight excluding hydrogens is 350 g/mol. The molecular formula is C21H16ClNO3. The zero-order valence-corrected chi connectivity index (χ0v) is 14.6. The zero-order chi connectivity index (χ0) is 17.8. The maximum Gasteiger partial charge on any atom is 0.238 e. The number of para-hydroxylation sites is 1. The van der Waals surface area contributed by atoms with Gasteiger partial charge in [-0.1, -0.05) is 42.0 Å². The van der Waals surface area contributed by atoms with Crippen LogP contribution >= 0.6 is 11.6 Å². The van der Waals surface area contributed by atoms with Crippen molar-refractivity contribution < 1.29 is 14.3 Å². The third kappa shape index (κ3) is 2.22. The Morgan fingerprint density at radius 2 is 1.58 bits per heavy atom.